The number of rotatable bonds is 8. The number of sulfonamides is 1. The lowest BCUT2D eigenvalue weighted by Gasteiger charge is -2.18. The summed E-state index contributed by atoms with van der Waals surface area (Å²) in [6.07, 6.45) is 0. The standard InChI is InChI=1S/C17H23N3O5S2/c1-5-25-17(22)15-11(2)19-12(3)16(15)27(23,24)20(4)10-14(21)18-9-13-7-6-8-26-13/h6-8,19H,5,9-10H2,1-4H3,(H,18,21). The highest BCUT2D eigenvalue weighted by molar-refractivity contribution is 7.89. The van der Waals surface area contributed by atoms with Crippen LogP contribution in [0.25, 0.3) is 0 Å². The molecule has 1 amide bonds. The molecule has 2 heterocycles. The fourth-order valence-corrected chi connectivity index (χ4v) is 4.80. The molecule has 10 heteroatoms. The number of aromatic amines is 1. The van der Waals surface area contributed by atoms with E-state index < -0.39 is 21.9 Å². The fourth-order valence-electron chi connectivity index (χ4n) is 2.63. The van der Waals surface area contributed by atoms with Crippen molar-refractivity contribution in [3.63, 3.8) is 0 Å². The topological polar surface area (TPSA) is 109 Å². The molecule has 0 radical (unpaired) electrons. The van der Waals surface area contributed by atoms with Gasteiger partial charge in [0.25, 0.3) is 0 Å². The van der Waals surface area contributed by atoms with Crippen LogP contribution in [-0.4, -0.2) is 49.8 Å². The summed E-state index contributed by atoms with van der Waals surface area (Å²) in [5.74, 6) is -1.15. The minimum absolute atomic E-state index is 0.0276. The van der Waals surface area contributed by atoms with Gasteiger partial charge in [0.05, 0.1) is 19.7 Å². The molecule has 0 bridgehead atoms. The van der Waals surface area contributed by atoms with Crippen molar-refractivity contribution in [2.75, 3.05) is 20.2 Å². The maximum atomic E-state index is 13.0. The molecule has 27 heavy (non-hydrogen) atoms. The first kappa shape index (κ1) is 21.1. The highest BCUT2D eigenvalue weighted by Gasteiger charge is 2.33. The summed E-state index contributed by atoms with van der Waals surface area (Å²) in [5, 5.41) is 4.58. The van der Waals surface area contributed by atoms with E-state index in [4.69, 9.17) is 4.74 Å². The Labute approximate surface area is 162 Å². The van der Waals surface area contributed by atoms with Crippen molar-refractivity contribution >= 4 is 33.2 Å². The summed E-state index contributed by atoms with van der Waals surface area (Å²) in [6, 6.07) is 3.75. The first-order valence-corrected chi connectivity index (χ1v) is 10.6. The number of nitrogens with one attached hydrogen (secondary N) is 2. The number of likely N-dealkylation sites (N-methyl/N-ethyl adjacent to an activating group) is 1. The first-order chi connectivity index (χ1) is 12.7. The Morgan fingerprint density at radius 2 is 2.00 bits per heavy atom. The van der Waals surface area contributed by atoms with Crippen molar-refractivity contribution in [1.82, 2.24) is 14.6 Å². The van der Waals surface area contributed by atoms with Crippen LogP contribution in [-0.2, 0) is 26.1 Å². The zero-order valence-electron chi connectivity index (χ0n) is 15.7. The van der Waals surface area contributed by atoms with E-state index in [0.29, 0.717) is 17.9 Å². The Hall–Kier alpha value is -2.17. The second-order valence-electron chi connectivity index (χ2n) is 5.92. The molecule has 0 aliphatic carbocycles. The number of carbonyl (C=O) groups excluding carboxylic acids is 2. The van der Waals surface area contributed by atoms with Crippen LogP contribution < -0.4 is 5.32 Å². The molecule has 148 valence electrons. The summed E-state index contributed by atoms with van der Waals surface area (Å²) in [7, 11) is -2.76. The summed E-state index contributed by atoms with van der Waals surface area (Å²) < 4.78 is 31.9. The van der Waals surface area contributed by atoms with E-state index in [1.807, 2.05) is 17.5 Å². The average molecular weight is 414 g/mol. The molecular weight excluding hydrogens is 390 g/mol. The first-order valence-electron chi connectivity index (χ1n) is 8.30. The normalized spacial score (nSPS) is 11.6. The molecule has 0 fully saturated rings. The summed E-state index contributed by atoms with van der Waals surface area (Å²) in [4.78, 5) is 28.0. The zero-order chi connectivity index (χ0) is 20.2. The lowest BCUT2D eigenvalue weighted by molar-refractivity contribution is -0.121. The molecule has 8 nitrogen and oxygen atoms in total. The minimum Gasteiger partial charge on any atom is -0.462 e. The van der Waals surface area contributed by atoms with Crippen molar-refractivity contribution in [2.24, 2.45) is 0 Å². The van der Waals surface area contributed by atoms with Crippen LogP contribution >= 0.6 is 11.3 Å². The minimum atomic E-state index is -4.07. The fraction of sp³-hybridized carbons (Fsp3) is 0.412. The van der Waals surface area contributed by atoms with Crippen molar-refractivity contribution in [2.45, 2.75) is 32.2 Å². The molecular formula is C17H23N3O5S2. The SMILES string of the molecule is CCOC(=O)c1c(C)[nH]c(C)c1S(=O)(=O)N(C)CC(=O)NCc1cccs1. The lowest BCUT2D eigenvalue weighted by atomic mass is 10.2. The quantitative estimate of drug-likeness (QED) is 0.642. The molecule has 2 aromatic rings. The third kappa shape index (κ3) is 4.76. The van der Waals surface area contributed by atoms with Crippen LogP contribution in [0.2, 0.25) is 0 Å². The number of hydrogen-bond acceptors (Lipinski definition) is 6. The number of nitrogens with zero attached hydrogens (tertiary/aromatic N) is 1. The summed E-state index contributed by atoms with van der Waals surface area (Å²) >= 11 is 1.50. The van der Waals surface area contributed by atoms with Gasteiger partial charge in [-0.25, -0.2) is 13.2 Å². The second kappa shape index (κ2) is 8.68. The Morgan fingerprint density at radius 1 is 1.30 bits per heavy atom. The van der Waals surface area contributed by atoms with Crippen molar-refractivity contribution in [1.29, 1.82) is 0 Å². The third-order valence-corrected chi connectivity index (χ3v) is 6.72. The van der Waals surface area contributed by atoms with E-state index in [1.165, 1.54) is 18.4 Å². The molecule has 0 saturated carbocycles. The van der Waals surface area contributed by atoms with Crippen LogP contribution in [0.5, 0.6) is 0 Å². The van der Waals surface area contributed by atoms with Gasteiger partial charge in [-0.15, -0.1) is 11.3 Å². The maximum absolute atomic E-state index is 13.0. The molecule has 0 aliphatic rings. The molecule has 2 aromatic heterocycles. The number of aromatic nitrogens is 1. The largest absolute Gasteiger partial charge is 0.462 e. The molecule has 2 rings (SSSR count). The number of carbonyl (C=O) groups is 2. The van der Waals surface area contributed by atoms with Gasteiger partial charge in [0.2, 0.25) is 15.9 Å². The Kier molecular flexibility index (Phi) is 6.79. The maximum Gasteiger partial charge on any atom is 0.341 e. The van der Waals surface area contributed by atoms with Crippen LogP contribution in [0.3, 0.4) is 0 Å². The molecule has 0 atom stereocenters. The van der Waals surface area contributed by atoms with Gasteiger partial charge in [0.1, 0.15) is 10.5 Å². The van der Waals surface area contributed by atoms with Gasteiger partial charge in [-0.3, -0.25) is 4.79 Å². The van der Waals surface area contributed by atoms with Gasteiger partial charge in [-0.1, -0.05) is 6.07 Å². The van der Waals surface area contributed by atoms with Gasteiger partial charge < -0.3 is 15.0 Å². The van der Waals surface area contributed by atoms with E-state index >= 15 is 0 Å². The number of esters is 1. The zero-order valence-corrected chi connectivity index (χ0v) is 17.3. The number of ether oxygens (including phenoxy) is 1. The lowest BCUT2D eigenvalue weighted by Crippen LogP contribution is -2.38. The number of amides is 1. The molecule has 0 aliphatic heterocycles. The average Bonchev–Trinajstić information content (AvgIpc) is 3.20. The molecule has 0 aromatic carbocycles. The van der Waals surface area contributed by atoms with E-state index in [1.54, 1.807) is 20.8 Å². The highest BCUT2D eigenvalue weighted by atomic mass is 32.2. The van der Waals surface area contributed by atoms with E-state index in [2.05, 4.69) is 10.3 Å². The predicted molar refractivity (Wildman–Crippen MR) is 102 cm³/mol. The van der Waals surface area contributed by atoms with Gasteiger partial charge in [-0.05, 0) is 32.2 Å². The van der Waals surface area contributed by atoms with Gasteiger partial charge in [0, 0.05) is 23.3 Å². The number of hydrogen-bond donors (Lipinski definition) is 2. The molecule has 2 N–H and O–H groups in total. The Bertz CT molecular complexity index is 917. The van der Waals surface area contributed by atoms with E-state index in [-0.39, 0.29) is 23.6 Å². The van der Waals surface area contributed by atoms with Gasteiger partial charge in [-0.2, -0.15) is 4.31 Å². The van der Waals surface area contributed by atoms with Gasteiger partial charge >= 0.3 is 5.97 Å². The number of thiophene rings is 1. The molecule has 0 spiro atoms. The van der Waals surface area contributed by atoms with Crippen molar-refractivity contribution in [3.05, 3.63) is 39.3 Å². The number of H-pyrrole nitrogens is 1. The van der Waals surface area contributed by atoms with Crippen molar-refractivity contribution < 1.29 is 22.7 Å². The van der Waals surface area contributed by atoms with Crippen LogP contribution in [0, 0.1) is 13.8 Å². The smallest absolute Gasteiger partial charge is 0.341 e. The van der Waals surface area contributed by atoms with Crippen LogP contribution in [0.15, 0.2) is 22.4 Å². The Morgan fingerprint density at radius 3 is 2.59 bits per heavy atom. The predicted octanol–water partition coefficient (Wildman–Crippen LogP) is 1.81. The highest BCUT2D eigenvalue weighted by Crippen LogP contribution is 2.27. The van der Waals surface area contributed by atoms with Crippen LogP contribution in [0.1, 0.15) is 33.5 Å². The molecule has 0 saturated heterocycles. The third-order valence-electron chi connectivity index (χ3n) is 3.87. The summed E-state index contributed by atoms with van der Waals surface area (Å²) in [6.45, 7) is 4.91. The van der Waals surface area contributed by atoms with Gasteiger partial charge in [0.15, 0.2) is 0 Å². The monoisotopic (exact) mass is 413 g/mol. The number of aryl methyl sites for hydroxylation is 2. The van der Waals surface area contributed by atoms with E-state index in [9.17, 15) is 18.0 Å². The van der Waals surface area contributed by atoms with E-state index in [0.717, 1.165) is 9.18 Å². The second-order valence-corrected chi connectivity index (χ2v) is 8.93. The summed E-state index contributed by atoms with van der Waals surface area (Å²) in [5.41, 5.74) is 0.696. The Balaban J connectivity index is 2.19. The van der Waals surface area contributed by atoms with Crippen LogP contribution in [0.4, 0.5) is 0 Å². The van der Waals surface area contributed by atoms with Crippen molar-refractivity contribution in [3.8, 4) is 0 Å². The molecule has 0 unspecified atom stereocenters.